The van der Waals surface area contributed by atoms with Gasteiger partial charge in [0.25, 0.3) is 0 Å². The van der Waals surface area contributed by atoms with Crippen molar-refractivity contribution in [2.75, 3.05) is 6.54 Å². The molecule has 0 aromatic heterocycles. The number of nitrogens with zero attached hydrogens (tertiary/aromatic N) is 1. The molecule has 0 aliphatic carbocycles. The van der Waals surface area contributed by atoms with E-state index in [9.17, 15) is 0 Å². The molecule has 0 heterocycles. The fourth-order valence-corrected chi connectivity index (χ4v) is 1.41. The minimum Gasteiger partial charge on any atom is -0.370 e. The van der Waals surface area contributed by atoms with E-state index in [4.69, 9.17) is 5.73 Å². The second-order valence-corrected chi connectivity index (χ2v) is 3.91. The Morgan fingerprint density at radius 2 is 2.06 bits per heavy atom. The number of halogens is 1. The Hall–Kier alpha value is -0.780. The molecular weight excluding hydrogens is 325 g/mol. The summed E-state index contributed by atoms with van der Waals surface area (Å²) in [5.74, 6) is 0.539. The Morgan fingerprint density at radius 1 is 1.35 bits per heavy atom. The largest absolute Gasteiger partial charge is 0.370 e. The molecule has 0 unspecified atom stereocenters. The van der Waals surface area contributed by atoms with Crippen LogP contribution < -0.4 is 11.1 Å². The molecule has 96 valence electrons. The van der Waals surface area contributed by atoms with Crippen molar-refractivity contribution in [2.45, 2.75) is 33.2 Å². The lowest BCUT2D eigenvalue weighted by Gasteiger charge is -2.05. The average Bonchev–Trinajstić information content (AvgIpc) is 2.28. The predicted octanol–water partition coefficient (Wildman–Crippen LogP) is 2.82. The van der Waals surface area contributed by atoms with Gasteiger partial charge in [-0.05, 0) is 24.5 Å². The lowest BCUT2D eigenvalue weighted by atomic mass is 10.1. The van der Waals surface area contributed by atoms with Crippen LogP contribution in [-0.2, 0) is 6.54 Å². The molecule has 0 saturated heterocycles. The van der Waals surface area contributed by atoms with E-state index >= 15 is 0 Å². The minimum absolute atomic E-state index is 0. The third-order valence-corrected chi connectivity index (χ3v) is 2.52. The van der Waals surface area contributed by atoms with Crippen LogP contribution >= 0.6 is 24.0 Å². The molecule has 0 amide bonds. The molecule has 3 nitrogen and oxygen atoms in total. The summed E-state index contributed by atoms with van der Waals surface area (Å²) in [6, 6.07) is 8.23. The third kappa shape index (κ3) is 6.51. The summed E-state index contributed by atoms with van der Waals surface area (Å²) in [5, 5.41) is 3.10. The molecular formula is C13H22IN3. The highest BCUT2D eigenvalue weighted by Crippen LogP contribution is 2.07. The van der Waals surface area contributed by atoms with Gasteiger partial charge in [-0.25, -0.2) is 4.99 Å². The SMILES string of the molecule is CCCCNC(N)=NCc1ccccc1C.I. The van der Waals surface area contributed by atoms with E-state index in [1.54, 1.807) is 0 Å². The second kappa shape index (κ2) is 9.27. The molecule has 3 N–H and O–H groups in total. The Morgan fingerprint density at radius 3 is 2.71 bits per heavy atom. The summed E-state index contributed by atoms with van der Waals surface area (Å²) in [6.07, 6.45) is 2.29. The predicted molar refractivity (Wildman–Crippen MR) is 84.8 cm³/mol. The number of guanidine groups is 1. The van der Waals surface area contributed by atoms with Gasteiger partial charge in [-0.3, -0.25) is 0 Å². The van der Waals surface area contributed by atoms with Crippen LogP contribution in [0.1, 0.15) is 30.9 Å². The first-order valence-electron chi connectivity index (χ1n) is 5.82. The lowest BCUT2D eigenvalue weighted by Crippen LogP contribution is -2.32. The number of nitrogens with two attached hydrogens (primary N) is 1. The minimum atomic E-state index is 0. The van der Waals surface area contributed by atoms with Crippen LogP contribution in [0, 0.1) is 6.92 Å². The van der Waals surface area contributed by atoms with Crippen LogP contribution in [-0.4, -0.2) is 12.5 Å². The summed E-state index contributed by atoms with van der Waals surface area (Å²) in [7, 11) is 0. The zero-order chi connectivity index (χ0) is 11.8. The summed E-state index contributed by atoms with van der Waals surface area (Å²) in [4.78, 5) is 4.31. The van der Waals surface area contributed by atoms with E-state index in [1.165, 1.54) is 11.1 Å². The van der Waals surface area contributed by atoms with Gasteiger partial charge in [0, 0.05) is 6.54 Å². The standard InChI is InChI=1S/C13H21N3.HI/c1-3-4-9-15-13(14)16-10-12-8-6-5-7-11(12)2;/h5-8H,3-4,9-10H2,1-2H3,(H3,14,15,16);1H. The van der Waals surface area contributed by atoms with Crippen molar-refractivity contribution < 1.29 is 0 Å². The zero-order valence-electron chi connectivity index (χ0n) is 10.6. The fraction of sp³-hybridized carbons (Fsp3) is 0.462. The maximum atomic E-state index is 5.75. The smallest absolute Gasteiger partial charge is 0.188 e. The molecule has 0 bridgehead atoms. The van der Waals surface area contributed by atoms with Gasteiger partial charge in [0.05, 0.1) is 6.54 Å². The lowest BCUT2D eigenvalue weighted by molar-refractivity contribution is 0.748. The molecule has 0 fully saturated rings. The number of hydrogen-bond donors (Lipinski definition) is 2. The van der Waals surface area contributed by atoms with E-state index in [0.29, 0.717) is 12.5 Å². The monoisotopic (exact) mass is 347 g/mol. The number of aryl methyl sites for hydroxylation is 1. The highest BCUT2D eigenvalue weighted by atomic mass is 127. The van der Waals surface area contributed by atoms with Crippen molar-refractivity contribution in [1.82, 2.24) is 5.32 Å². The molecule has 0 spiro atoms. The summed E-state index contributed by atoms with van der Waals surface area (Å²) in [5.41, 5.74) is 8.23. The molecule has 0 aliphatic rings. The fourth-order valence-electron chi connectivity index (χ4n) is 1.41. The Labute approximate surface area is 121 Å². The van der Waals surface area contributed by atoms with Crippen molar-refractivity contribution in [2.24, 2.45) is 10.7 Å². The number of hydrogen-bond acceptors (Lipinski definition) is 1. The molecule has 0 aliphatic heterocycles. The zero-order valence-corrected chi connectivity index (χ0v) is 12.9. The summed E-state index contributed by atoms with van der Waals surface area (Å²) in [6.45, 7) is 5.80. The van der Waals surface area contributed by atoms with Crippen LogP contribution in [0.5, 0.6) is 0 Å². The molecule has 4 heteroatoms. The molecule has 0 radical (unpaired) electrons. The molecule has 1 rings (SSSR count). The van der Waals surface area contributed by atoms with Crippen LogP contribution in [0.4, 0.5) is 0 Å². The van der Waals surface area contributed by atoms with Crippen molar-refractivity contribution in [3.63, 3.8) is 0 Å². The maximum absolute atomic E-state index is 5.75. The van der Waals surface area contributed by atoms with Gasteiger partial charge in [-0.15, -0.1) is 24.0 Å². The highest BCUT2D eigenvalue weighted by Gasteiger charge is 1.96. The van der Waals surface area contributed by atoms with E-state index in [2.05, 4.69) is 36.3 Å². The van der Waals surface area contributed by atoms with Crippen LogP contribution in [0.2, 0.25) is 0 Å². The van der Waals surface area contributed by atoms with Gasteiger partial charge in [0.15, 0.2) is 5.96 Å². The van der Waals surface area contributed by atoms with Crippen molar-refractivity contribution in [3.05, 3.63) is 35.4 Å². The first-order valence-corrected chi connectivity index (χ1v) is 5.82. The molecule has 0 saturated carbocycles. The maximum Gasteiger partial charge on any atom is 0.188 e. The number of benzene rings is 1. The number of aliphatic imine (C=N–C) groups is 1. The van der Waals surface area contributed by atoms with Gasteiger partial charge in [-0.2, -0.15) is 0 Å². The Kier molecular flexibility index (Phi) is 8.85. The van der Waals surface area contributed by atoms with Crippen molar-refractivity contribution in [3.8, 4) is 0 Å². The van der Waals surface area contributed by atoms with Gasteiger partial charge in [0.1, 0.15) is 0 Å². The van der Waals surface area contributed by atoms with Gasteiger partial charge in [-0.1, -0.05) is 37.6 Å². The van der Waals surface area contributed by atoms with Gasteiger partial charge in [0.2, 0.25) is 0 Å². The van der Waals surface area contributed by atoms with Gasteiger partial charge >= 0.3 is 0 Å². The first kappa shape index (κ1) is 16.2. The number of nitrogens with one attached hydrogen (secondary N) is 1. The second-order valence-electron chi connectivity index (χ2n) is 3.91. The molecule has 1 aromatic carbocycles. The average molecular weight is 347 g/mol. The molecule has 0 atom stereocenters. The highest BCUT2D eigenvalue weighted by molar-refractivity contribution is 14.0. The normalized spacial score (nSPS) is 10.8. The topological polar surface area (TPSA) is 50.4 Å². The van der Waals surface area contributed by atoms with Crippen LogP contribution in [0.3, 0.4) is 0 Å². The van der Waals surface area contributed by atoms with E-state index in [-0.39, 0.29) is 24.0 Å². The Balaban J connectivity index is 0.00000256. The summed E-state index contributed by atoms with van der Waals surface area (Å²) < 4.78 is 0. The molecule has 17 heavy (non-hydrogen) atoms. The van der Waals surface area contributed by atoms with Crippen LogP contribution in [0.25, 0.3) is 0 Å². The third-order valence-electron chi connectivity index (χ3n) is 2.52. The Bertz CT molecular complexity index is 350. The molecule has 1 aromatic rings. The van der Waals surface area contributed by atoms with Crippen molar-refractivity contribution >= 4 is 29.9 Å². The van der Waals surface area contributed by atoms with Crippen LogP contribution in [0.15, 0.2) is 29.3 Å². The van der Waals surface area contributed by atoms with E-state index < -0.39 is 0 Å². The van der Waals surface area contributed by atoms with E-state index in [1.807, 2.05) is 12.1 Å². The summed E-state index contributed by atoms with van der Waals surface area (Å²) >= 11 is 0. The van der Waals surface area contributed by atoms with Gasteiger partial charge < -0.3 is 11.1 Å². The van der Waals surface area contributed by atoms with E-state index in [0.717, 1.165) is 19.4 Å². The first-order chi connectivity index (χ1) is 7.74. The number of unbranched alkanes of at least 4 members (excludes halogenated alkanes) is 1. The van der Waals surface area contributed by atoms with Crippen molar-refractivity contribution in [1.29, 1.82) is 0 Å². The quantitative estimate of drug-likeness (QED) is 0.372. The number of rotatable bonds is 5.